The minimum Gasteiger partial charge on any atom is -0.508 e. The minimum atomic E-state index is -0.139. The first-order valence-electron chi connectivity index (χ1n) is 9.44. The molecule has 2 nitrogen and oxygen atoms in total. The molecule has 0 saturated carbocycles. The summed E-state index contributed by atoms with van der Waals surface area (Å²) in [6.45, 7) is 16.8. The first-order valence-corrected chi connectivity index (χ1v) is 9.44. The Balaban J connectivity index is 2.54. The highest BCUT2D eigenvalue weighted by Crippen LogP contribution is 2.39. The van der Waals surface area contributed by atoms with Crippen LogP contribution in [0, 0.1) is 12.3 Å². The maximum absolute atomic E-state index is 11.0. The molecule has 0 atom stereocenters. The fraction of sp³-hybridized carbons (Fsp3) is 0.500. The maximum Gasteiger partial charge on any atom is 0.122 e. The number of aromatic hydroxyl groups is 1. The van der Waals surface area contributed by atoms with E-state index >= 15 is 0 Å². The van der Waals surface area contributed by atoms with E-state index in [4.69, 9.17) is 0 Å². The van der Waals surface area contributed by atoms with Crippen LogP contribution in [0.3, 0.4) is 0 Å². The standard InChI is InChI=1S/C24H34O2/c1-15-9-10-17(21(25)19(12-15)23(3,4)5)14-18-11-16(2)13-20(22(18)26)24(6,7)8/h9,11-13,25-26H,10,14H2,1-8H3. The predicted octanol–water partition coefficient (Wildman–Crippen LogP) is 6.68. The molecule has 1 aromatic carbocycles. The number of aryl methyl sites for hydroxylation is 1. The van der Waals surface area contributed by atoms with Gasteiger partial charge in [-0.1, -0.05) is 77.0 Å². The summed E-state index contributed by atoms with van der Waals surface area (Å²) in [4.78, 5) is 0. The number of aliphatic hydroxyl groups is 1. The van der Waals surface area contributed by atoms with Crippen molar-refractivity contribution >= 4 is 0 Å². The Hall–Kier alpha value is -1.96. The van der Waals surface area contributed by atoms with E-state index < -0.39 is 0 Å². The van der Waals surface area contributed by atoms with Crippen molar-refractivity contribution in [2.45, 2.75) is 73.6 Å². The van der Waals surface area contributed by atoms with Gasteiger partial charge in [0.25, 0.3) is 0 Å². The summed E-state index contributed by atoms with van der Waals surface area (Å²) in [6, 6.07) is 4.09. The topological polar surface area (TPSA) is 40.5 Å². The van der Waals surface area contributed by atoms with E-state index in [1.165, 1.54) is 5.57 Å². The van der Waals surface area contributed by atoms with Crippen molar-refractivity contribution in [2.75, 3.05) is 0 Å². The summed E-state index contributed by atoms with van der Waals surface area (Å²) < 4.78 is 0. The third-order valence-corrected chi connectivity index (χ3v) is 4.99. The Bertz CT molecular complexity index is 791. The van der Waals surface area contributed by atoms with Gasteiger partial charge in [0.1, 0.15) is 11.5 Å². The molecule has 0 aromatic heterocycles. The van der Waals surface area contributed by atoms with Crippen LogP contribution in [0.5, 0.6) is 5.75 Å². The first-order chi connectivity index (χ1) is 11.8. The zero-order valence-electron chi connectivity index (χ0n) is 17.6. The van der Waals surface area contributed by atoms with Crippen LogP contribution in [0.2, 0.25) is 0 Å². The lowest BCUT2D eigenvalue weighted by Gasteiger charge is -2.25. The number of benzene rings is 1. The monoisotopic (exact) mass is 354 g/mol. The van der Waals surface area contributed by atoms with Gasteiger partial charge in [-0.2, -0.15) is 0 Å². The number of phenols is 1. The van der Waals surface area contributed by atoms with E-state index in [0.29, 0.717) is 24.4 Å². The molecule has 1 aromatic rings. The van der Waals surface area contributed by atoms with E-state index in [2.05, 4.69) is 73.6 Å². The highest BCUT2D eigenvalue weighted by molar-refractivity contribution is 5.50. The molecule has 0 radical (unpaired) electrons. The van der Waals surface area contributed by atoms with Crippen molar-refractivity contribution in [1.82, 2.24) is 0 Å². The Morgan fingerprint density at radius 2 is 1.54 bits per heavy atom. The van der Waals surface area contributed by atoms with Gasteiger partial charge in [0.05, 0.1) is 0 Å². The third kappa shape index (κ3) is 4.41. The highest BCUT2D eigenvalue weighted by atomic mass is 16.3. The van der Waals surface area contributed by atoms with Gasteiger partial charge in [-0.25, -0.2) is 0 Å². The summed E-state index contributed by atoms with van der Waals surface area (Å²) in [7, 11) is 0. The Kier molecular flexibility index (Phi) is 5.46. The summed E-state index contributed by atoms with van der Waals surface area (Å²) in [6.07, 6.45) is 5.49. The lowest BCUT2D eigenvalue weighted by Crippen LogP contribution is -2.14. The first kappa shape index (κ1) is 20.4. The van der Waals surface area contributed by atoms with E-state index in [1.807, 2.05) is 6.07 Å². The van der Waals surface area contributed by atoms with Crippen molar-refractivity contribution < 1.29 is 10.2 Å². The van der Waals surface area contributed by atoms with Crippen LogP contribution >= 0.6 is 0 Å². The lowest BCUT2D eigenvalue weighted by molar-refractivity contribution is 0.371. The van der Waals surface area contributed by atoms with Crippen LogP contribution in [-0.2, 0) is 11.8 Å². The van der Waals surface area contributed by atoms with E-state index in [0.717, 1.165) is 27.8 Å². The van der Waals surface area contributed by atoms with Crippen LogP contribution in [0.4, 0.5) is 0 Å². The van der Waals surface area contributed by atoms with Gasteiger partial charge in [-0.05, 0) is 53.4 Å². The van der Waals surface area contributed by atoms with Gasteiger partial charge in [0.15, 0.2) is 0 Å². The van der Waals surface area contributed by atoms with E-state index in [9.17, 15) is 10.2 Å². The van der Waals surface area contributed by atoms with E-state index in [-0.39, 0.29) is 10.8 Å². The fourth-order valence-electron chi connectivity index (χ4n) is 3.44. The predicted molar refractivity (Wildman–Crippen MR) is 111 cm³/mol. The molecule has 142 valence electrons. The van der Waals surface area contributed by atoms with Gasteiger partial charge in [0.2, 0.25) is 0 Å². The van der Waals surface area contributed by atoms with Crippen LogP contribution in [0.1, 0.15) is 71.6 Å². The molecule has 0 fully saturated rings. The highest BCUT2D eigenvalue weighted by Gasteiger charge is 2.26. The number of allylic oxidation sites excluding steroid dienone is 5. The second-order valence-electron chi connectivity index (χ2n) is 9.66. The molecule has 1 aliphatic rings. The van der Waals surface area contributed by atoms with Gasteiger partial charge in [-0.3, -0.25) is 0 Å². The Morgan fingerprint density at radius 3 is 2.08 bits per heavy atom. The van der Waals surface area contributed by atoms with Gasteiger partial charge in [0, 0.05) is 6.42 Å². The average Bonchev–Trinajstić information content (AvgIpc) is 2.62. The van der Waals surface area contributed by atoms with Crippen LogP contribution in [0.25, 0.3) is 0 Å². The molecule has 0 heterocycles. The largest absolute Gasteiger partial charge is 0.508 e. The van der Waals surface area contributed by atoms with Crippen molar-refractivity contribution in [2.24, 2.45) is 5.41 Å². The van der Waals surface area contributed by atoms with Crippen molar-refractivity contribution in [1.29, 1.82) is 0 Å². The quantitative estimate of drug-likeness (QED) is 0.622. The van der Waals surface area contributed by atoms with Crippen LogP contribution < -0.4 is 0 Å². The molecule has 0 spiro atoms. The van der Waals surface area contributed by atoms with Crippen molar-refractivity contribution in [3.63, 3.8) is 0 Å². The molecule has 0 unspecified atom stereocenters. The molecule has 0 saturated heterocycles. The van der Waals surface area contributed by atoms with E-state index in [1.54, 1.807) is 0 Å². The van der Waals surface area contributed by atoms with Crippen LogP contribution in [0.15, 0.2) is 46.8 Å². The van der Waals surface area contributed by atoms with Crippen molar-refractivity contribution in [3.8, 4) is 5.75 Å². The number of hydrogen-bond acceptors (Lipinski definition) is 2. The second kappa shape index (κ2) is 6.98. The molecule has 2 heteroatoms. The number of hydrogen-bond donors (Lipinski definition) is 2. The molecular weight excluding hydrogens is 320 g/mol. The SMILES string of the molecule is CC1=CCC(Cc2cc(C)cc(C(C)(C)C)c2O)=C(O)C(C(C)(C)C)=C1. The van der Waals surface area contributed by atoms with Crippen LogP contribution in [-0.4, -0.2) is 10.2 Å². The number of aliphatic hydroxyl groups excluding tert-OH is 1. The smallest absolute Gasteiger partial charge is 0.122 e. The molecule has 0 aliphatic heterocycles. The third-order valence-electron chi connectivity index (χ3n) is 4.99. The molecule has 1 aliphatic carbocycles. The lowest BCUT2D eigenvalue weighted by atomic mass is 9.81. The number of rotatable bonds is 2. The summed E-state index contributed by atoms with van der Waals surface area (Å²) >= 11 is 0. The zero-order valence-corrected chi connectivity index (χ0v) is 17.6. The summed E-state index contributed by atoms with van der Waals surface area (Å²) in [5, 5.41) is 21.9. The molecular formula is C24H34O2. The maximum atomic E-state index is 11.0. The second-order valence-corrected chi connectivity index (χ2v) is 9.66. The zero-order chi connectivity index (χ0) is 19.9. The number of phenolic OH excluding ortho intramolecular Hbond substituents is 1. The molecule has 26 heavy (non-hydrogen) atoms. The normalized spacial score (nSPS) is 16.3. The average molecular weight is 355 g/mol. The Morgan fingerprint density at radius 1 is 0.923 bits per heavy atom. The Labute approximate surface area is 159 Å². The summed E-state index contributed by atoms with van der Waals surface area (Å²) in [5.41, 5.74) is 5.80. The van der Waals surface area contributed by atoms with Crippen molar-refractivity contribution in [3.05, 3.63) is 63.5 Å². The fourth-order valence-corrected chi connectivity index (χ4v) is 3.44. The molecule has 0 amide bonds. The molecule has 0 bridgehead atoms. The molecule has 2 N–H and O–H groups in total. The molecule has 2 rings (SSSR count). The summed E-state index contributed by atoms with van der Waals surface area (Å²) in [5.74, 6) is 0.735. The van der Waals surface area contributed by atoms with Gasteiger partial charge < -0.3 is 10.2 Å². The minimum absolute atomic E-state index is 0.127. The van der Waals surface area contributed by atoms with Gasteiger partial charge in [-0.15, -0.1) is 0 Å². The van der Waals surface area contributed by atoms with Gasteiger partial charge >= 0.3 is 0 Å².